The zero-order chi connectivity index (χ0) is 11.6. The second-order valence-electron chi connectivity index (χ2n) is 3.16. The van der Waals surface area contributed by atoms with E-state index in [9.17, 15) is 13.2 Å². The quantitative estimate of drug-likeness (QED) is 0.827. The van der Waals surface area contributed by atoms with E-state index in [-0.39, 0.29) is 11.9 Å². The molecule has 0 aromatic carbocycles. The summed E-state index contributed by atoms with van der Waals surface area (Å²) in [5.41, 5.74) is -0.957. The fourth-order valence-corrected chi connectivity index (χ4v) is 1.23. The van der Waals surface area contributed by atoms with Crippen LogP contribution in [0.2, 0.25) is 0 Å². The monoisotopic (exact) mass is 283 g/mol. The summed E-state index contributed by atoms with van der Waals surface area (Å²) in [6, 6.07) is 0.879. The lowest BCUT2D eigenvalue weighted by Crippen LogP contribution is -2.11. The van der Waals surface area contributed by atoms with Gasteiger partial charge in [0.05, 0.1) is 10.6 Å². The third kappa shape index (κ3) is 3.37. The molecule has 0 bridgehead atoms. The zero-order valence-corrected chi connectivity index (χ0v) is 9.69. The summed E-state index contributed by atoms with van der Waals surface area (Å²) in [7, 11) is 0. The molecule has 1 aromatic heterocycles. The molecule has 0 aliphatic carbocycles. The molecule has 2 nitrogen and oxygen atoms in total. The van der Waals surface area contributed by atoms with Gasteiger partial charge < -0.3 is 4.74 Å². The maximum absolute atomic E-state index is 12.3. The van der Waals surface area contributed by atoms with Crippen molar-refractivity contribution in [3.05, 3.63) is 22.4 Å². The average molecular weight is 284 g/mol. The molecule has 0 N–H and O–H groups in total. The van der Waals surface area contributed by atoms with Crippen LogP contribution >= 0.6 is 15.9 Å². The predicted molar refractivity (Wildman–Crippen MR) is 52.7 cm³/mol. The van der Waals surface area contributed by atoms with Crippen LogP contribution in [0.4, 0.5) is 13.2 Å². The molecule has 0 atom stereocenters. The third-order valence-corrected chi connectivity index (χ3v) is 2.07. The summed E-state index contributed by atoms with van der Waals surface area (Å²) in [5, 5.41) is 0. The summed E-state index contributed by atoms with van der Waals surface area (Å²) in [5.74, 6) is 0.146. The lowest BCUT2D eigenvalue weighted by atomic mass is 10.3. The number of ether oxygens (including phenoxy) is 1. The van der Waals surface area contributed by atoms with Gasteiger partial charge >= 0.3 is 6.18 Å². The van der Waals surface area contributed by atoms with Crippen molar-refractivity contribution in [1.29, 1.82) is 0 Å². The molecule has 1 aromatic rings. The minimum Gasteiger partial charge on any atom is -0.490 e. The van der Waals surface area contributed by atoms with Crippen molar-refractivity contribution in [3.63, 3.8) is 0 Å². The number of hydrogen-bond donors (Lipinski definition) is 0. The number of pyridine rings is 1. The Bertz CT molecular complexity index is 352. The summed E-state index contributed by atoms with van der Waals surface area (Å²) in [4.78, 5) is 3.27. The van der Waals surface area contributed by atoms with Gasteiger partial charge in [0.2, 0.25) is 0 Å². The molecule has 6 heteroatoms. The van der Waals surface area contributed by atoms with Gasteiger partial charge in [0.1, 0.15) is 11.4 Å². The van der Waals surface area contributed by atoms with Crippen molar-refractivity contribution in [1.82, 2.24) is 4.98 Å². The van der Waals surface area contributed by atoms with Gasteiger partial charge in [-0.25, -0.2) is 0 Å². The minimum absolute atomic E-state index is 0.146. The van der Waals surface area contributed by atoms with E-state index in [1.54, 1.807) is 13.8 Å². The van der Waals surface area contributed by atoms with Crippen LogP contribution in [0.5, 0.6) is 5.75 Å². The molecule has 15 heavy (non-hydrogen) atoms. The fraction of sp³-hybridized carbons (Fsp3) is 0.444. The maximum atomic E-state index is 12.3. The highest BCUT2D eigenvalue weighted by Crippen LogP contribution is 2.33. The lowest BCUT2D eigenvalue weighted by molar-refractivity contribution is -0.141. The van der Waals surface area contributed by atoms with E-state index in [0.29, 0.717) is 4.47 Å². The largest absolute Gasteiger partial charge is 0.490 e. The van der Waals surface area contributed by atoms with E-state index in [4.69, 9.17) is 4.74 Å². The van der Waals surface area contributed by atoms with Crippen LogP contribution < -0.4 is 4.74 Å². The van der Waals surface area contributed by atoms with E-state index in [2.05, 4.69) is 20.9 Å². The Hall–Kier alpha value is -0.780. The fourth-order valence-electron chi connectivity index (χ4n) is 0.919. The third-order valence-electron chi connectivity index (χ3n) is 1.47. The van der Waals surface area contributed by atoms with Crippen molar-refractivity contribution in [2.75, 3.05) is 0 Å². The van der Waals surface area contributed by atoms with Gasteiger partial charge in [-0.2, -0.15) is 13.2 Å². The highest BCUT2D eigenvalue weighted by Gasteiger charge is 2.33. The van der Waals surface area contributed by atoms with Crippen molar-refractivity contribution in [2.24, 2.45) is 0 Å². The average Bonchev–Trinajstić information content (AvgIpc) is 2.06. The summed E-state index contributed by atoms with van der Waals surface area (Å²) in [6.07, 6.45) is -3.55. The molecule has 0 unspecified atom stereocenters. The number of alkyl halides is 3. The second kappa shape index (κ2) is 4.38. The topological polar surface area (TPSA) is 22.1 Å². The van der Waals surface area contributed by atoms with Crippen LogP contribution in [0, 0.1) is 0 Å². The number of aromatic nitrogens is 1. The summed E-state index contributed by atoms with van der Waals surface area (Å²) in [6.45, 7) is 3.47. The molecule has 0 saturated heterocycles. The van der Waals surface area contributed by atoms with E-state index < -0.39 is 11.9 Å². The van der Waals surface area contributed by atoms with Crippen molar-refractivity contribution >= 4 is 15.9 Å². The molecule has 0 saturated carbocycles. The van der Waals surface area contributed by atoms with E-state index in [1.165, 1.54) is 0 Å². The summed E-state index contributed by atoms with van der Waals surface area (Å²) >= 11 is 3.07. The van der Waals surface area contributed by atoms with Gasteiger partial charge in [0.15, 0.2) is 0 Å². The molecule has 1 rings (SSSR count). The van der Waals surface area contributed by atoms with Gasteiger partial charge in [-0.05, 0) is 29.8 Å². The SMILES string of the molecule is CC(C)Oc1cc(C(F)(F)F)ncc1Br. The molecular weight excluding hydrogens is 275 g/mol. The first kappa shape index (κ1) is 12.3. The van der Waals surface area contributed by atoms with Crippen LogP contribution in [0.25, 0.3) is 0 Å². The van der Waals surface area contributed by atoms with E-state index in [1.807, 2.05) is 0 Å². The number of nitrogens with zero attached hydrogens (tertiary/aromatic N) is 1. The van der Waals surface area contributed by atoms with E-state index >= 15 is 0 Å². The Kier molecular flexibility index (Phi) is 3.59. The van der Waals surface area contributed by atoms with Crippen LogP contribution in [0.3, 0.4) is 0 Å². The second-order valence-corrected chi connectivity index (χ2v) is 4.02. The normalized spacial score (nSPS) is 11.9. The minimum atomic E-state index is -4.45. The highest BCUT2D eigenvalue weighted by molar-refractivity contribution is 9.10. The van der Waals surface area contributed by atoms with Crippen LogP contribution in [0.15, 0.2) is 16.7 Å². The Morgan fingerprint density at radius 2 is 2.00 bits per heavy atom. The molecule has 1 heterocycles. The number of halogens is 4. The molecule has 84 valence electrons. The standard InChI is InChI=1S/C9H9BrF3NO/c1-5(2)15-7-3-8(9(11,12)13)14-4-6(7)10/h3-5H,1-2H3. The zero-order valence-electron chi connectivity index (χ0n) is 8.10. The van der Waals surface area contributed by atoms with Crippen LogP contribution in [-0.4, -0.2) is 11.1 Å². The Labute approximate surface area is 93.6 Å². The molecular formula is C9H9BrF3NO. The molecule has 0 fully saturated rings. The predicted octanol–water partition coefficient (Wildman–Crippen LogP) is 3.65. The Balaban J connectivity index is 3.06. The molecule has 0 aliphatic heterocycles. The Morgan fingerprint density at radius 3 is 2.47 bits per heavy atom. The van der Waals surface area contributed by atoms with Gasteiger partial charge in [-0.15, -0.1) is 0 Å². The van der Waals surface area contributed by atoms with Crippen molar-refractivity contribution < 1.29 is 17.9 Å². The van der Waals surface area contributed by atoms with Crippen molar-refractivity contribution in [2.45, 2.75) is 26.1 Å². The lowest BCUT2D eigenvalue weighted by Gasteiger charge is -2.13. The summed E-state index contributed by atoms with van der Waals surface area (Å²) < 4.78 is 42.5. The first-order chi connectivity index (χ1) is 6.80. The molecule has 0 radical (unpaired) electrons. The number of hydrogen-bond acceptors (Lipinski definition) is 2. The van der Waals surface area contributed by atoms with E-state index in [0.717, 1.165) is 12.3 Å². The van der Waals surface area contributed by atoms with Gasteiger partial charge in [-0.1, -0.05) is 0 Å². The van der Waals surface area contributed by atoms with Gasteiger partial charge in [0.25, 0.3) is 0 Å². The van der Waals surface area contributed by atoms with Crippen LogP contribution in [-0.2, 0) is 6.18 Å². The molecule has 0 spiro atoms. The smallest absolute Gasteiger partial charge is 0.433 e. The number of rotatable bonds is 2. The molecule has 0 amide bonds. The van der Waals surface area contributed by atoms with Gasteiger partial charge in [0, 0.05) is 12.3 Å². The Morgan fingerprint density at radius 1 is 1.40 bits per heavy atom. The van der Waals surface area contributed by atoms with Gasteiger partial charge in [-0.3, -0.25) is 4.98 Å². The maximum Gasteiger partial charge on any atom is 0.433 e. The molecule has 0 aliphatic rings. The first-order valence-corrected chi connectivity index (χ1v) is 4.99. The first-order valence-electron chi connectivity index (χ1n) is 4.20. The van der Waals surface area contributed by atoms with Crippen molar-refractivity contribution in [3.8, 4) is 5.75 Å². The van der Waals surface area contributed by atoms with Crippen LogP contribution in [0.1, 0.15) is 19.5 Å². The highest BCUT2D eigenvalue weighted by atomic mass is 79.9.